The summed E-state index contributed by atoms with van der Waals surface area (Å²) < 4.78 is 38.9. The van der Waals surface area contributed by atoms with E-state index in [1.807, 2.05) is 25.9 Å². The Morgan fingerprint density at radius 3 is 2.60 bits per heavy atom. The molecule has 0 aromatic carbocycles. The first-order valence-corrected chi connectivity index (χ1v) is 5.98. The average molecular weight is 288 g/mol. The lowest BCUT2D eigenvalue weighted by molar-refractivity contribution is -0.146. The van der Waals surface area contributed by atoms with Crippen molar-refractivity contribution in [2.45, 2.75) is 19.1 Å². The molecule has 0 aliphatic rings. The lowest BCUT2D eigenvalue weighted by atomic mass is 10.3. The van der Waals surface area contributed by atoms with Crippen LogP contribution in [0.5, 0.6) is 0 Å². The molecule has 0 saturated carbocycles. The summed E-state index contributed by atoms with van der Waals surface area (Å²) in [7, 11) is 3.83. The normalized spacial score (nSPS) is 13.9. The van der Waals surface area contributed by atoms with Crippen molar-refractivity contribution in [1.82, 2.24) is 24.7 Å². The van der Waals surface area contributed by atoms with Crippen LogP contribution in [-0.2, 0) is 6.18 Å². The number of alkyl halides is 3. The summed E-state index contributed by atoms with van der Waals surface area (Å²) in [6, 6.07) is 3.07. The summed E-state index contributed by atoms with van der Waals surface area (Å²) in [5.74, 6) is -0.784. The van der Waals surface area contributed by atoms with Gasteiger partial charge in [-0.3, -0.25) is 0 Å². The van der Waals surface area contributed by atoms with E-state index in [1.54, 1.807) is 6.07 Å². The zero-order valence-corrected chi connectivity index (χ0v) is 11.3. The van der Waals surface area contributed by atoms with Gasteiger partial charge in [-0.15, -0.1) is 15.3 Å². The van der Waals surface area contributed by atoms with Crippen molar-refractivity contribution in [3.63, 3.8) is 0 Å². The first-order chi connectivity index (χ1) is 9.27. The van der Waals surface area contributed by atoms with Gasteiger partial charge in [0.05, 0.1) is 0 Å². The molecule has 0 fully saturated rings. The second-order valence-corrected chi connectivity index (χ2v) is 4.82. The SMILES string of the molecule is CC(CN(C)C)Nc1ccc2nnc(C(F)(F)F)n2n1. The summed E-state index contributed by atoms with van der Waals surface area (Å²) in [5, 5.41) is 13.5. The Kier molecular flexibility index (Phi) is 3.80. The Morgan fingerprint density at radius 2 is 2.00 bits per heavy atom. The fraction of sp³-hybridized carbons (Fsp3) is 0.545. The molecule has 2 rings (SSSR count). The van der Waals surface area contributed by atoms with Crippen molar-refractivity contribution < 1.29 is 13.2 Å². The van der Waals surface area contributed by atoms with E-state index in [4.69, 9.17) is 0 Å². The summed E-state index contributed by atoms with van der Waals surface area (Å²) >= 11 is 0. The van der Waals surface area contributed by atoms with Crippen LogP contribution < -0.4 is 5.32 Å². The second-order valence-electron chi connectivity index (χ2n) is 4.82. The van der Waals surface area contributed by atoms with Crippen molar-refractivity contribution in [2.75, 3.05) is 26.0 Å². The van der Waals surface area contributed by atoms with E-state index in [0.717, 1.165) is 6.54 Å². The maximum absolute atomic E-state index is 12.7. The predicted molar refractivity (Wildman–Crippen MR) is 67.4 cm³/mol. The minimum Gasteiger partial charge on any atom is -0.365 e. The topological polar surface area (TPSA) is 58.3 Å². The highest BCUT2D eigenvalue weighted by atomic mass is 19.4. The monoisotopic (exact) mass is 288 g/mol. The minimum atomic E-state index is -4.58. The molecule has 0 spiro atoms. The third-order valence-electron chi connectivity index (χ3n) is 2.55. The van der Waals surface area contributed by atoms with E-state index in [0.29, 0.717) is 10.3 Å². The zero-order chi connectivity index (χ0) is 14.9. The third kappa shape index (κ3) is 3.16. The largest absolute Gasteiger partial charge is 0.453 e. The van der Waals surface area contributed by atoms with Crippen LogP contribution in [-0.4, -0.2) is 51.4 Å². The van der Waals surface area contributed by atoms with Crippen LogP contribution in [0.4, 0.5) is 19.0 Å². The Labute approximate surface area is 113 Å². The molecule has 6 nitrogen and oxygen atoms in total. The highest BCUT2D eigenvalue weighted by Gasteiger charge is 2.37. The summed E-state index contributed by atoms with van der Waals surface area (Å²) in [6.45, 7) is 2.65. The Bertz CT molecular complexity index is 591. The molecule has 0 saturated heterocycles. The van der Waals surface area contributed by atoms with E-state index in [-0.39, 0.29) is 11.7 Å². The van der Waals surface area contributed by atoms with E-state index >= 15 is 0 Å². The standard InChI is InChI=1S/C11H15F3N6/c1-7(6-19(2)3)15-8-4-5-9-16-17-10(11(12,13)14)20(9)18-8/h4-5,7H,6H2,1-3H3,(H,15,18). The van der Waals surface area contributed by atoms with Crippen LogP contribution in [0.2, 0.25) is 0 Å². The number of nitrogens with one attached hydrogen (secondary N) is 1. The van der Waals surface area contributed by atoms with Crippen LogP contribution in [0, 0.1) is 0 Å². The van der Waals surface area contributed by atoms with E-state index in [1.165, 1.54) is 6.07 Å². The number of rotatable bonds is 4. The fourth-order valence-electron chi connectivity index (χ4n) is 1.89. The first-order valence-electron chi connectivity index (χ1n) is 5.98. The van der Waals surface area contributed by atoms with Crippen LogP contribution in [0.15, 0.2) is 12.1 Å². The first kappa shape index (κ1) is 14.5. The molecule has 2 aromatic heterocycles. The fourth-order valence-corrected chi connectivity index (χ4v) is 1.89. The van der Waals surface area contributed by atoms with Crippen molar-refractivity contribution in [1.29, 1.82) is 0 Å². The highest BCUT2D eigenvalue weighted by molar-refractivity contribution is 5.44. The van der Waals surface area contributed by atoms with E-state index < -0.39 is 12.0 Å². The summed E-state index contributed by atoms with van der Waals surface area (Å²) in [5.41, 5.74) is 0.0585. The number of nitrogens with zero attached hydrogens (tertiary/aromatic N) is 5. The van der Waals surface area contributed by atoms with E-state index in [9.17, 15) is 13.2 Å². The molecule has 1 atom stereocenters. The molecule has 2 aromatic rings. The van der Waals surface area contributed by atoms with Gasteiger partial charge in [-0.2, -0.15) is 17.7 Å². The maximum atomic E-state index is 12.7. The van der Waals surface area contributed by atoms with Gasteiger partial charge < -0.3 is 10.2 Å². The lowest BCUT2D eigenvalue weighted by Gasteiger charge is -2.18. The second kappa shape index (κ2) is 5.23. The van der Waals surface area contributed by atoms with Crippen molar-refractivity contribution in [3.8, 4) is 0 Å². The Balaban J connectivity index is 2.28. The lowest BCUT2D eigenvalue weighted by Crippen LogP contribution is -2.30. The van der Waals surface area contributed by atoms with Crippen LogP contribution in [0.1, 0.15) is 12.7 Å². The molecule has 9 heteroatoms. The molecule has 2 heterocycles. The van der Waals surface area contributed by atoms with Gasteiger partial charge >= 0.3 is 6.18 Å². The van der Waals surface area contributed by atoms with Crippen LogP contribution in [0.3, 0.4) is 0 Å². The van der Waals surface area contributed by atoms with Gasteiger partial charge in [0.15, 0.2) is 5.65 Å². The van der Waals surface area contributed by atoms with Crippen molar-refractivity contribution in [3.05, 3.63) is 18.0 Å². The molecule has 0 aliphatic carbocycles. The van der Waals surface area contributed by atoms with Gasteiger partial charge in [0, 0.05) is 12.6 Å². The summed E-state index contributed by atoms with van der Waals surface area (Å²) in [6.07, 6.45) is -4.58. The van der Waals surface area contributed by atoms with Crippen molar-refractivity contribution >= 4 is 11.5 Å². The molecule has 1 N–H and O–H groups in total. The molecule has 0 bridgehead atoms. The van der Waals surface area contributed by atoms with Crippen LogP contribution >= 0.6 is 0 Å². The predicted octanol–water partition coefficient (Wildman–Crippen LogP) is 1.51. The quantitative estimate of drug-likeness (QED) is 0.924. The maximum Gasteiger partial charge on any atom is 0.453 e. The average Bonchev–Trinajstić information content (AvgIpc) is 2.69. The smallest absolute Gasteiger partial charge is 0.365 e. The molecule has 0 radical (unpaired) electrons. The van der Waals surface area contributed by atoms with Crippen molar-refractivity contribution in [2.24, 2.45) is 0 Å². The Morgan fingerprint density at radius 1 is 1.30 bits per heavy atom. The number of anilines is 1. The highest BCUT2D eigenvalue weighted by Crippen LogP contribution is 2.27. The zero-order valence-electron chi connectivity index (χ0n) is 11.3. The summed E-state index contributed by atoms with van der Waals surface area (Å²) in [4.78, 5) is 1.97. The molecule has 110 valence electrons. The molecular weight excluding hydrogens is 273 g/mol. The number of aromatic nitrogens is 4. The van der Waals surface area contributed by atoms with Gasteiger partial charge in [0.2, 0.25) is 0 Å². The molecule has 1 unspecified atom stereocenters. The van der Waals surface area contributed by atoms with Gasteiger partial charge in [0.1, 0.15) is 5.82 Å². The third-order valence-corrected chi connectivity index (χ3v) is 2.55. The minimum absolute atomic E-state index is 0.0424. The Hall–Kier alpha value is -1.90. The van der Waals surface area contributed by atoms with E-state index in [2.05, 4.69) is 20.6 Å². The number of hydrogen-bond donors (Lipinski definition) is 1. The van der Waals surface area contributed by atoms with Gasteiger partial charge in [-0.25, -0.2) is 0 Å². The number of likely N-dealkylation sites (N-methyl/N-ethyl adjacent to an activating group) is 1. The number of fused-ring (bicyclic) bond motifs is 1. The molecular formula is C11H15F3N6. The van der Waals surface area contributed by atoms with Gasteiger partial charge in [-0.1, -0.05) is 0 Å². The molecule has 20 heavy (non-hydrogen) atoms. The van der Waals surface area contributed by atoms with Crippen LogP contribution in [0.25, 0.3) is 5.65 Å². The molecule has 0 aliphatic heterocycles. The van der Waals surface area contributed by atoms with Gasteiger partial charge in [-0.05, 0) is 33.2 Å². The number of halogens is 3. The molecule has 0 amide bonds. The van der Waals surface area contributed by atoms with Gasteiger partial charge in [0.25, 0.3) is 5.82 Å². The number of hydrogen-bond acceptors (Lipinski definition) is 5.